The van der Waals surface area contributed by atoms with Crippen molar-refractivity contribution < 1.29 is 9.53 Å². The number of fused-ring (bicyclic) bond motifs is 1. The maximum atomic E-state index is 10.7. The number of aldehydes is 1. The molecule has 0 heterocycles. The minimum Gasteiger partial charge on any atom is -0.381 e. The Kier molecular flexibility index (Phi) is 3.92. The zero-order valence-electron chi connectivity index (χ0n) is 11.4. The molecule has 5 atom stereocenters. The van der Waals surface area contributed by atoms with Crippen LogP contribution in [-0.2, 0) is 9.53 Å². The first kappa shape index (κ1) is 13.1. The molecule has 0 radical (unpaired) electrons. The van der Waals surface area contributed by atoms with Crippen molar-refractivity contribution in [2.45, 2.75) is 58.5 Å². The highest BCUT2D eigenvalue weighted by Crippen LogP contribution is 2.58. The smallest absolute Gasteiger partial charge is 0.120 e. The molecule has 2 saturated carbocycles. The lowest BCUT2D eigenvalue weighted by molar-refractivity contribution is -0.109. The fourth-order valence-corrected chi connectivity index (χ4v) is 4.69. The van der Waals surface area contributed by atoms with Crippen LogP contribution in [0.1, 0.15) is 52.4 Å². The van der Waals surface area contributed by atoms with E-state index in [1.807, 2.05) is 7.11 Å². The van der Waals surface area contributed by atoms with E-state index in [4.69, 9.17) is 4.74 Å². The Balaban J connectivity index is 2.14. The van der Waals surface area contributed by atoms with E-state index in [9.17, 15) is 4.79 Å². The molecule has 0 aromatic rings. The van der Waals surface area contributed by atoms with Crippen LogP contribution in [0.3, 0.4) is 0 Å². The third-order valence-corrected chi connectivity index (χ3v) is 5.59. The van der Waals surface area contributed by atoms with E-state index in [0.29, 0.717) is 17.4 Å². The number of hydrogen-bond acceptors (Lipinski definition) is 2. The second kappa shape index (κ2) is 5.09. The van der Waals surface area contributed by atoms with Crippen molar-refractivity contribution in [1.82, 2.24) is 0 Å². The summed E-state index contributed by atoms with van der Waals surface area (Å²) in [6.07, 6.45) is 8.70. The molecule has 0 aromatic carbocycles. The molecule has 2 nitrogen and oxygen atoms in total. The first-order valence-corrected chi connectivity index (χ1v) is 7.10. The van der Waals surface area contributed by atoms with Gasteiger partial charge in [0.25, 0.3) is 0 Å². The van der Waals surface area contributed by atoms with Crippen molar-refractivity contribution in [1.29, 1.82) is 0 Å². The minimum atomic E-state index is 0.418. The van der Waals surface area contributed by atoms with Crippen molar-refractivity contribution in [2.75, 3.05) is 7.11 Å². The van der Waals surface area contributed by atoms with Gasteiger partial charge in [-0.2, -0.15) is 0 Å². The molecule has 2 rings (SSSR count). The molecule has 0 saturated heterocycles. The number of rotatable bonds is 4. The van der Waals surface area contributed by atoms with Gasteiger partial charge >= 0.3 is 0 Å². The molecule has 0 aliphatic heterocycles. The molecule has 17 heavy (non-hydrogen) atoms. The van der Waals surface area contributed by atoms with Crippen LogP contribution < -0.4 is 0 Å². The molecule has 98 valence electrons. The molecular formula is C15H26O2. The van der Waals surface area contributed by atoms with Crippen LogP contribution in [0, 0.1) is 23.2 Å². The maximum Gasteiger partial charge on any atom is 0.120 e. The van der Waals surface area contributed by atoms with Crippen molar-refractivity contribution in [3.05, 3.63) is 0 Å². The lowest BCUT2D eigenvalue weighted by atomic mass is 9.61. The van der Waals surface area contributed by atoms with Gasteiger partial charge in [0.05, 0.1) is 6.10 Å². The van der Waals surface area contributed by atoms with Crippen molar-refractivity contribution in [3.8, 4) is 0 Å². The molecule has 2 heteroatoms. The molecule has 0 N–H and O–H groups in total. The molecule has 0 amide bonds. The Bertz CT molecular complexity index is 276. The summed E-state index contributed by atoms with van der Waals surface area (Å²) >= 11 is 0. The summed E-state index contributed by atoms with van der Waals surface area (Å²) in [4.78, 5) is 10.7. The van der Waals surface area contributed by atoms with Gasteiger partial charge in [0.2, 0.25) is 0 Å². The number of ether oxygens (including phenoxy) is 1. The Morgan fingerprint density at radius 2 is 2.18 bits per heavy atom. The van der Waals surface area contributed by atoms with Crippen LogP contribution >= 0.6 is 0 Å². The van der Waals surface area contributed by atoms with Gasteiger partial charge in [-0.05, 0) is 48.9 Å². The lowest BCUT2D eigenvalue weighted by Crippen LogP contribution is -2.42. The average Bonchev–Trinajstić information content (AvgIpc) is 2.66. The van der Waals surface area contributed by atoms with Crippen molar-refractivity contribution in [2.24, 2.45) is 23.2 Å². The number of methoxy groups -OCH3 is 1. The summed E-state index contributed by atoms with van der Waals surface area (Å²) in [5, 5.41) is 0. The van der Waals surface area contributed by atoms with E-state index in [2.05, 4.69) is 13.8 Å². The van der Waals surface area contributed by atoms with Gasteiger partial charge in [0, 0.05) is 13.5 Å². The lowest BCUT2D eigenvalue weighted by Gasteiger charge is -2.46. The highest BCUT2D eigenvalue weighted by molar-refractivity contribution is 5.49. The Morgan fingerprint density at radius 3 is 2.82 bits per heavy atom. The molecule has 2 aliphatic rings. The van der Waals surface area contributed by atoms with Crippen LogP contribution in [0.5, 0.6) is 0 Å². The standard InChI is InChI=1S/C15H26O2/c1-11(8-10-16)12-6-7-13-14(17-3)5-4-9-15(12,13)2/h10-14H,4-9H2,1-3H3/t11-,12-,13?,14?,15-/m1/s1. The van der Waals surface area contributed by atoms with E-state index in [1.54, 1.807) is 0 Å². The zero-order chi connectivity index (χ0) is 12.5. The SMILES string of the molecule is COC1CCC[C@@]2(C)C1CC[C@@H]2[C@H](C)CC=O. The Hall–Kier alpha value is -0.370. The topological polar surface area (TPSA) is 26.3 Å². The average molecular weight is 238 g/mol. The summed E-state index contributed by atoms with van der Waals surface area (Å²) in [6.45, 7) is 4.70. The maximum absolute atomic E-state index is 10.7. The fourth-order valence-electron chi connectivity index (χ4n) is 4.69. The fraction of sp³-hybridized carbons (Fsp3) is 0.933. The van der Waals surface area contributed by atoms with Crippen LogP contribution in [0.15, 0.2) is 0 Å². The second-order valence-electron chi connectivity index (χ2n) is 6.34. The third kappa shape index (κ3) is 2.16. The van der Waals surface area contributed by atoms with Gasteiger partial charge < -0.3 is 9.53 Å². The highest BCUT2D eigenvalue weighted by atomic mass is 16.5. The quantitative estimate of drug-likeness (QED) is 0.701. The van der Waals surface area contributed by atoms with Crippen LogP contribution in [-0.4, -0.2) is 19.5 Å². The van der Waals surface area contributed by atoms with Gasteiger partial charge in [-0.3, -0.25) is 0 Å². The molecule has 2 unspecified atom stereocenters. The summed E-state index contributed by atoms with van der Waals surface area (Å²) < 4.78 is 5.69. The molecular weight excluding hydrogens is 212 g/mol. The van der Waals surface area contributed by atoms with Crippen LogP contribution in [0.2, 0.25) is 0 Å². The number of hydrogen-bond donors (Lipinski definition) is 0. The molecule has 0 aromatic heterocycles. The van der Waals surface area contributed by atoms with E-state index in [-0.39, 0.29) is 0 Å². The monoisotopic (exact) mass is 238 g/mol. The van der Waals surface area contributed by atoms with Crippen molar-refractivity contribution >= 4 is 6.29 Å². The van der Waals surface area contributed by atoms with Gasteiger partial charge in [-0.1, -0.05) is 20.3 Å². The molecule has 0 spiro atoms. The highest BCUT2D eigenvalue weighted by Gasteiger charge is 2.52. The van der Waals surface area contributed by atoms with Crippen molar-refractivity contribution in [3.63, 3.8) is 0 Å². The summed E-state index contributed by atoms with van der Waals surface area (Å²) in [7, 11) is 1.86. The normalized spacial score (nSPS) is 43.1. The van der Waals surface area contributed by atoms with Crippen LogP contribution in [0.4, 0.5) is 0 Å². The third-order valence-electron chi connectivity index (χ3n) is 5.59. The Labute approximate surface area is 105 Å². The molecule has 2 fully saturated rings. The number of carbonyl (C=O) groups is 1. The zero-order valence-corrected chi connectivity index (χ0v) is 11.4. The first-order valence-electron chi connectivity index (χ1n) is 7.10. The van der Waals surface area contributed by atoms with Gasteiger partial charge in [0.15, 0.2) is 0 Å². The molecule has 2 aliphatic carbocycles. The van der Waals surface area contributed by atoms with Gasteiger partial charge in [-0.15, -0.1) is 0 Å². The summed E-state index contributed by atoms with van der Waals surface area (Å²) in [5.41, 5.74) is 0.418. The first-order chi connectivity index (χ1) is 8.13. The summed E-state index contributed by atoms with van der Waals surface area (Å²) in [6, 6.07) is 0. The number of carbonyl (C=O) groups excluding carboxylic acids is 1. The van der Waals surface area contributed by atoms with Gasteiger partial charge in [0.1, 0.15) is 6.29 Å². The molecule has 0 bridgehead atoms. The van der Waals surface area contributed by atoms with E-state index >= 15 is 0 Å². The van der Waals surface area contributed by atoms with E-state index in [0.717, 1.165) is 24.5 Å². The Morgan fingerprint density at radius 1 is 1.41 bits per heavy atom. The second-order valence-corrected chi connectivity index (χ2v) is 6.34. The van der Waals surface area contributed by atoms with Gasteiger partial charge in [-0.25, -0.2) is 0 Å². The van der Waals surface area contributed by atoms with Crippen LogP contribution in [0.25, 0.3) is 0 Å². The summed E-state index contributed by atoms with van der Waals surface area (Å²) in [5.74, 6) is 1.98. The predicted molar refractivity (Wildman–Crippen MR) is 68.8 cm³/mol. The van der Waals surface area contributed by atoms with E-state index in [1.165, 1.54) is 32.1 Å². The largest absolute Gasteiger partial charge is 0.381 e. The minimum absolute atomic E-state index is 0.418. The predicted octanol–water partition coefficient (Wildman–Crippen LogP) is 3.44. The van der Waals surface area contributed by atoms with E-state index < -0.39 is 0 Å².